The summed E-state index contributed by atoms with van der Waals surface area (Å²) in [5.41, 5.74) is 0.897. The molecule has 6 nitrogen and oxygen atoms in total. The second-order valence-electron chi connectivity index (χ2n) is 5.27. The van der Waals surface area contributed by atoms with Crippen molar-refractivity contribution in [2.75, 3.05) is 11.3 Å². The van der Waals surface area contributed by atoms with Crippen molar-refractivity contribution in [3.05, 3.63) is 72.3 Å². The van der Waals surface area contributed by atoms with E-state index in [1.54, 1.807) is 18.2 Å². The van der Waals surface area contributed by atoms with Gasteiger partial charge in [-0.15, -0.1) is 6.58 Å². The molecule has 2 aromatic rings. The Morgan fingerprint density at radius 2 is 1.76 bits per heavy atom. The largest absolute Gasteiger partial charge is 0.349 e. The van der Waals surface area contributed by atoms with Crippen molar-refractivity contribution in [3.63, 3.8) is 0 Å². The van der Waals surface area contributed by atoms with Crippen LogP contribution < -0.4 is 10.0 Å². The number of hydrogen-bond donors (Lipinski definition) is 2. The highest BCUT2D eigenvalue weighted by Crippen LogP contribution is 2.18. The van der Waals surface area contributed by atoms with Gasteiger partial charge in [-0.25, -0.2) is 8.42 Å². The number of amides is 1. The third-order valence-electron chi connectivity index (χ3n) is 3.33. The Labute approximate surface area is 146 Å². The fourth-order valence-corrected chi connectivity index (χ4v) is 3.18. The zero-order chi connectivity index (χ0) is 18.4. The van der Waals surface area contributed by atoms with Gasteiger partial charge in [0.05, 0.1) is 4.90 Å². The highest BCUT2D eigenvalue weighted by molar-refractivity contribution is 7.92. The SMILES string of the molecule is C=CCNC(=O)c1cccc(S(=O)(=O)Nc2cccc(C(C)=O)c2)c1. The van der Waals surface area contributed by atoms with Crippen molar-refractivity contribution in [1.82, 2.24) is 5.32 Å². The smallest absolute Gasteiger partial charge is 0.261 e. The van der Waals surface area contributed by atoms with Crippen LogP contribution in [0.3, 0.4) is 0 Å². The molecule has 2 rings (SSSR count). The second-order valence-corrected chi connectivity index (χ2v) is 6.95. The molecular formula is C18H18N2O4S. The quantitative estimate of drug-likeness (QED) is 0.588. The number of rotatable bonds is 7. The van der Waals surface area contributed by atoms with Crippen LogP contribution in [0.5, 0.6) is 0 Å². The van der Waals surface area contributed by atoms with Gasteiger partial charge in [-0.2, -0.15) is 0 Å². The summed E-state index contributed by atoms with van der Waals surface area (Å²) in [5, 5.41) is 2.59. The van der Waals surface area contributed by atoms with Gasteiger partial charge in [-0.05, 0) is 37.3 Å². The fraction of sp³-hybridized carbons (Fsp3) is 0.111. The van der Waals surface area contributed by atoms with E-state index in [1.807, 2.05) is 0 Å². The molecule has 2 N–H and O–H groups in total. The molecular weight excluding hydrogens is 340 g/mol. The molecule has 0 aliphatic carbocycles. The van der Waals surface area contributed by atoms with Crippen LogP contribution in [0.4, 0.5) is 5.69 Å². The van der Waals surface area contributed by atoms with E-state index in [9.17, 15) is 18.0 Å². The second kappa shape index (κ2) is 7.76. The molecule has 0 saturated heterocycles. The third-order valence-corrected chi connectivity index (χ3v) is 4.71. The van der Waals surface area contributed by atoms with Crippen LogP contribution in [0.2, 0.25) is 0 Å². The lowest BCUT2D eigenvalue weighted by atomic mass is 10.1. The summed E-state index contributed by atoms with van der Waals surface area (Å²) < 4.78 is 27.5. The van der Waals surface area contributed by atoms with Crippen molar-refractivity contribution in [1.29, 1.82) is 0 Å². The molecule has 0 saturated carbocycles. The molecule has 0 aromatic heterocycles. The Morgan fingerprint density at radius 3 is 2.44 bits per heavy atom. The van der Waals surface area contributed by atoms with E-state index in [-0.39, 0.29) is 28.5 Å². The van der Waals surface area contributed by atoms with Gasteiger partial charge in [0.15, 0.2) is 5.78 Å². The summed E-state index contributed by atoms with van der Waals surface area (Å²) in [6.45, 7) is 5.19. The number of carbonyl (C=O) groups excluding carboxylic acids is 2. The van der Waals surface area contributed by atoms with Gasteiger partial charge in [0.2, 0.25) is 0 Å². The first-order chi connectivity index (χ1) is 11.8. The predicted molar refractivity (Wildman–Crippen MR) is 96.2 cm³/mol. The maximum absolute atomic E-state index is 12.5. The van der Waals surface area contributed by atoms with E-state index in [4.69, 9.17) is 0 Å². The molecule has 0 aliphatic heterocycles. The Morgan fingerprint density at radius 1 is 1.08 bits per heavy atom. The van der Waals surface area contributed by atoms with Gasteiger partial charge in [-0.1, -0.05) is 24.3 Å². The van der Waals surface area contributed by atoms with Gasteiger partial charge >= 0.3 is 0 Å². The molecule has 0 heterocycles. The number of hydrogen-bond acceptors (Lipinski definition) is 4. The lowest BCUT2D eigenvalue weighted by Gasteiger charge is -2.10. The molecule has 0 aliphatic rings. The number of Topliss-reactive ketones (excluding diaryl/α,β-unsaturated/α-hetero) is 1. The highest BCUT2D eigenvalue weighted by Gasteiger charge is 2.17. The van der Waals surface area contributed by atoms with Gasteiger partial charge in [0.25, 0.3) is 15.9 Å². The van der Waals surface area contributed by atoms with E-state index < -0.39 is 15.9 Å². The summed E-state index contributed by atoms with van der Waals surface area (Å²) in [7, 11) is -3.89. The molecule has 1 amide bonds. The normalized spacial score (nSPS) is 10.8. The summed E-state index contributed by atoms with van der Waals surface area (Å²) in [5.74, 6) is -0.558. The molecule has 130 valence electrons. The van der Waals surface area contributed by atoms with Crippen molar-refractivity contribution >= 4 is 27.4 Å². The van der Waals surface area contributed by atoms with E-state index in [0.29, 0.717) is 5.56 Å². The Kier molecular flexibility index (Phi) is 5.71. The molecule has 7 heteroatoms. The van der Waals surface area contributed by atoms with Crippen LogP contribution in [0.25, 0.3) is 0 Å². The predicted octanol–water partition coefficient (Wildman–Crippen LogP) is 2.61. The lowest BCUT2D eigenvalue weighted by Crippen LogP contribution is -2.23. The summed E-state index contributed by atoms with van der Waals surface area (Å²) in [6, 6.07) is 11.9. The average Bonchev–Trinajstić information content (AvgIpc) is 2.59. The standard InChI is InChI=1S/C18H18N2O4S/c1-3-10-19-18(22)15-7-5-9-17(12-15)25(23,24)20-16-8-4-6-14(11-16)13(2)21/h3-9,11-12,20H,1,10H2,2H3,(H,19,22). The van der Waals surface area contributed by atoms with Gasteiger partial charge in [0.1, 0.15) is 0 Å². The summed E-state index contributed by atoms with van der Waals surface area (Å²) in [6.07, 6.45) is 1.53. The van der Waals surface area contributed by atoms with E-state index in [0.717, 1.165) is 0 Å². The average molecular weight is 358 g/mol. The third kappa shape index (κ3) is 4.77. The number of nitrogens with one attached hydrogen (secondary N) is 2. The summed E-state index contributed by atoms with van der Waals surface area (Å²) >= 11 is 0. The Balaban J connectivity index is 2.28. The van der Waals surface area contributed by atoms with Crippen molar-refractivity contribution in [3.8, 4) is 0 Å². The van der Waals surface area contributed by atoms with Gasteiger partial charge in [-0.3, -0.25) is 14.3 Å². The zero-order valence-electron chi connectivity index (χ0n) is 13.7. The minimum Gasteiger partial charge on any atom is -0.349 e. The van der Waals surface area contributed by atoms with Crippen LogP contribution in [0.1, 0.15) is 27.6 Å². The molecule has 2 aromatic carbocycles. The molecule has 0 radical (unpaired) electrons. The van der Waals surface area contributed by atoms with Crippen molar-refractivity contribution in [2.45, 2.75) is 11.8 Å². The number of benzene rings is 2. The van der Waals surface area contributed by atoms with Crippen LogP contribution in [-0.2, 0) is 10.0 Å². The van der Waals surface area contributed by atoms with Crippen LogP contribution in [0, 0.1) is 0 Å². The van der Waals surface area contributed by atoms with E-state index in [1.165, 1.54) is 43.3 Å². The maximum atomic E-state index is 12.5. The Bertz CT molecular complexity index is 920. The van der Waals surface area contributed by atoms with Gasteiger partial charge in [0, 0.05) is 23.4 Å². The first-order valence-corrected chi connectivity index (χ1v) is 8.95. The van der Waals surface area contributed by atoms with Crippen molar-refractivity contribution < 1.29 is 18.0 Å². The molecule has 0 unspecified atom stereocenters. The van der Waals surface area contributed by atoms with E-state index >= 15 is 0 Å². The van der Waals surface area contributed by atoms with Crippen LogP contribution in [0.15, 0.2) is 66.1 Å². The number of anilines is 1. The Hall–Kier alpha value is -2.93. The fourth-order valence-electron chi connectivity index (χ4n) is 2.09. The molecule has 0 atom stereocenters. The number of carbonyl (C=O) groups is 2. The number of sulfonamides is 1. The highest BCUT2D eigenvalue weighted by atomic mass is 32.2. The lowest BCUT2D eigenvalue weighted by molar-refractivity contribution is 0.0956. The number of ketones is 1. The minimum absolute atomic E-state index is 0.0491. The topological polar surface area (TPSA) is 92.3 Å². The maximum Gasteiger partial charge on any atom is 0.261 e. The molecule has 0 spiro atoms. The molecule has 0 bridgehead atoms. The van der Waals surface area contributed by atoms with Crippen LogP contribution in [-0.4, -0.2) is 26.7 Å². The van der Waals surface area contributed by atoms with Crippen molar-refractivity contribution in [2.24, 2.45) is 0 Å². The first kappa shape index (κ1) is 18.4. The molecule has 0 fully saturated rings. The van der Waals surface area contributed by atoms with E-state index in [2.05, 4.69) is 16.6 Å². The monoisotopic (exact) mass is 358 g/mol. The summed E-state index contributed by atoms with van der Waals surface area (Å²) in [4.78, 5) is 23.3. The van der Waals surface area contributed by atoms with Crippen LogP contribution >= 0.6 is 0 Å². The van der Waals surface area contributed by atoms with Gasteiger partial charge < -0.3 is 5.32 Å². The first-order valence-electron chi connectivity index (χ1n) is 7.46. The molecule has 25 heavy (non-hydrogen) atoms. The minimum atomic E-state index is -3.89. The zero-order valence-corrected chi connectivity index (χ0v) is 14.5.